The molecule has 0 aliphatic heterocycles. The third kappa shape index (κ3) is 4.83. The summed E-state index contributed by atoms with van der Waals surface area (Å²) in [6.45, 7) is 5.46. The number of fused-ring (bicyclic) bond motifs is 2. The Bertz CT molecular complexity index is 1770. The summed E-state index contributed by atoms with van der Waals surface area (Å²) in [5, 5.41) is 7.02. The van der Waals surface area contributed by atoms with Crippen LogP contribution >= 0.6 is 0 Å². The van der Waals surface area contributed by atoms with Crippen LogP contribution in [0.25, 0.3) is 43.8 Å². The van der Waals surface area contributed by atoms with E-state index in [4.69, 9.17) is 4.74 Å². The summed E-state index contributed by atoms with van der Waals surface area (Å²) < 4.78 is 5.85. The van der Waals surface area contributed by atoms with Crippen molar-refractivity contribution in [2.45, 2.75) is 6.92 Å². The predicted octanol–water partition coefficient (Wildman–Crippen LogP) is 8.49. The van der Waals surface area contributed by atoms with Gasteiger partial charge in [-0.15, -0.1) is 0 Å². The minimum Gasteiger partial charge on any atom is -0.426 e. The van der Waals surface area contributed by atoms with E-state index in [1.807, 2.05) is 66.7 Å². The zero-order valence-corrected chi connectivity index (χ0v) is 22.5. The minimum absolute atomic E-state index is 0.448. The molecule has 40 heavy (non-hydrogen) atoms. The number of carbonyl (C=O) groups excluding carboxylic acids is 2. The van der Waals surface area contributed by atoms with Gasteiger partial charge in [-0.1, -0.05) is 110 Å². The highest BCUT2D eigenvalue weighted by atomic mass is 16.5. The van der Waals surface area contributed by atoms with Gasteiger partial charge in [0.15, 0.2) is 6.29 Å². The molecule has 0 spiro atoms. The van der Waals surface area contributed by atoms with Crippen LogP contribution in [0.3, 0.4) is 0 Å². The summed E-state index contributed by atoms with van der Waals surface area (Å²) in [6.07, 6.45) is 6.14. The van der Waals surface area contributed by atoms with Crippen LogP contribution in [-0.4, -0.2) is 19.3 Å². The summed E-state index contributed by atoms with van der Waals surface area (Å²) in [6, 6.07) is 31.4. The highest BCUT2D eigenvalue weighted by molar-refractivity contribution is 6.23. The molecule has 0 aliphatic rings. The Balaban J connectivity index is 1.78. The fourth-order valence-electron chi connectivity index (χ4n) is 5.21. The molecule has 0 atom stereocenters. The lowest BCUT2D eigenvalue weighted by Crippen LogP contribution is -2.12. The Morgan fingerprint density at radius 1 is 0.750 bits per heavy atom. The van der Waals surface area contributed by atoms with Crippen LogP contribution in [0.2, 0.25) is 0 Å². The summed E-state index contributed by atoms with van der Waals surface area (Å²) in [4.78, 5) is 25.6. The van der Waals surface area contributed by atoms with E-state index in [0.717, 1.165) is 50.1 Å². The number of esters is 1. The smallest absolute Gasteiger partial charge is 0.343 e. The Morgan fingerprint density at radius 2 is 1.25 bits per heavy atom. The van der Waals surface area contributed by atoms with Crippen molar-refractivity contribution >= 4 is 33.8 Å². The third-order valence-electron chi connectivity index (χ3n) is 7.00. The zero-order chi connectivity index (χ0) is 28.1. The summed E-state index contributed by atoms with van der Waals surface area (Å²) in [5.41, 5.74) is 5.34. The van der Waals surface area contributed by atoms with Crippen LogP contribution in [0.1, 0.15) is 27.6 Å². The first-order valence-electron chi connectivity index (χ1n) is 13.1. The van der Waals surface area contributed by atoms with Gasteiger partial charge in [0, 0.05) is 12.6 Å². The number of carbonyl (C=O) groups is 2. The minimum atomic E-state index is -0.448. The van der Waals surface area contributed by atoms with Gasteiger partial charge in [-0.3, -0.25) is 4.79 Å². The van der Waals surface area contributed by atoms with Crippen molar-refractivity contribution < 1.29 is 14.3 Å². The second-order valence-corrected chi connectivity index (χ2v) is 9.30. The van der Waals surface area contributed by atoms with E-state index >= 15 is 0 Å². The van der Waals surface area contributed by atoms with Gasteiger partial charge < -0.3 is 10.1 Å². The highest BCUT2D eigenvalue weighted by Gasteiger charge is 2.22. The lowest BCUT2D eigenvalue weighted by atomic mass is 9.84. The molecule has 0 aliphatic carbocycles. The van der Waals surface area contributed by atoms with E-state index in [1.165, 1.54) is 0 Å². The van der Waals surface area contributed by atoms with Crippen LogP contribution < -0.4 is 5.32 Å². The fraction of sp³-hybridized carbons (Fsp3) is 0.0556. The molecule has 0 fully saturated rings. The molecular formula is C36H29NO3. The molecule has 0 radical (unpaired) electrons. The van der Waals surface area contributed by atoms with Crippen LogP contribution in [-0.2, 0) is 4.74 Å². The lowest BCUT2D eigenvalue weighted by molar-refractivity contribution is 0.0623. The van der Waals surface area contributed by atoms with E-state index in [1.54, 1.807) is 38.3 Å². The van der Waals surface area contributed by atoms with Gasteiger partial charge in [-0.25, -0.2) is 4.79 Å². The highest BCUT2D eigenvalue weighted by Crippen LogP contribution is 2.45. The SMILES string of the molecule is C=C/C=C\C(NC)=C(/C)OC(=O)c1ccccc1-c1c2ccccc2c(-c2ccccc2C=O)c2ccccc12. The number of aldehydes is 1. The Labute approximate surface area is 233 Å². The van der Waals surface area contributed by atoms with E-state index in [0.29, 0.717) is 22.6 Å². The number of nitrogens with one attached hydrogen (secondary N) is 1. The number of hydrogen-bond donors (Lipinski definition) is 1. The van der Waals surface area contributed by atoms with Gasteiger partial charge in [0.25, 0.3) is 0 Å². The van der Waals surface area contributed by atoms with Crippen molar-refractivity contribution in [1.82, 2.24) is 5.32 Å². The quantitative estimate of drug-likeness (QED) is 0.0728. The van der Waals surface area contributed by atoms with E-state index < -0.39 is 5.97 Å². The van der Waals surface area contributed by atoms with Crippen LogP contribution in [0, 0.1) is 0 Å². The first-order valence-corrected chi connectivity index (χ1v) is 13.1. The van der Waals surface area contributed by atoms with Crippen molar-refractivity contribution in [3.8, 4) is 22.3 Å². The van der Waals surface area contributed by atoms with Crippen LogP contribution in [0.15, 0.2) is 133 Å². The maximum absolute atomic E-state index is 13.6. The molecular weight excluding hydrogens is 494 g/mol. The molecule has 0 aromatic heterocycles. The second kappa shape index (κ2) is 11.7. The molecule has 0 heterocycles. The van der Waals surface area contributed by atoms with E-state index in [-0.39, 0.29) is 0 Å². The predicted molar refractivity (Wildman–Crippen MR) is 164 cm³/mol. The Morgan fingerprint density at radius 3 is 1.80 bits per heavy atom. The number of likely N-dealkylation sites (N-methyl/N-ethyl adjacent to an activating group) is 1. The van der Waals surface area contributed by atoms with Gasteiger partial charge in [0.2, 0.25) is 0 Å². The molecule has 5 aromatic carbocycles. The molecule has 196 valence electrons. The Hall–Kier alpha value is -5.22. The summed E-state index contributed by atoms with van der Waals surface area (Å²) in [5.74, 6) is 0.00679. The maximum Gasteiger partial charge on any atom is 0.343 e. The molecule has 0 saturated heterocycles. The molecule has 0 unspecified atom stereocenters. The standard InChI is InChI=1S/C36H29NO3/c1-4-5-22-33(37-3)24(2)40-36(39)32-21-13-12-20-31(32)35-29-18-10-8-16-27(29)34(28-17-9-11-19-30(28)35)26-15-7-6-14-25(26)23-38/h4-23,37H,1H2,2-3H3/b22-5-,33-24-. The van der Waals surface area contributed by atoms with Gasteiger partial charge in [-0.2, -0.15) is 0 Å². The number of allylic oxidation sites excluding steroid dienone is 4. The number of benzene rings is 5. The second-order valence-electron chi connectivity index (χ2n) is 9.30. The molecule has 5 aromatic rings. The molecule has 4 heteroatoms. The molecule has 0 amide bonds. The first kappa shape index (κ1) is 26.4. The van der Waals surface area contributed by atoms with Crippen LogP contribution in [0.5, 0.6) is 0 Å². The number of ether oxygens (including phenoxy) is 1. The Kier molecular flexibility index (Phi) is 7.70. The summed E-state index contributed by atoms with van der Waals surface area (Å²) in [7, 11) is 1.77. The third-order valence-corrected chi connectivity index (χ3v) is 7.00. The van der Waals surface area contributed by atoms with Gasteiger partial charge in [0.05, 0.1) is 11.3 Å². The van der Waals surface area contributed by atoms with Crippen molar-refractivity contribution in [1.29, 1.82) is 0 Å². The van der Waals surface area contributed by atoms with E-state index in [9.17, 15) is 9.59 Å². The molecule has 1 N–H and O–H groups in total. The van der Waals surface area contributed by atoms with Crippen molar-refractivity contribution in [3.63, 3.8) is 0 Å². The number of hydrogen-bond acceptors (Lipinski definition) is 4. The normalized spacial score (nSPS) is 11.8. The zero-order valence-electron chi connectivity index (χ0n) is 22.5. The average molecular weight is 524 g/mol. The average Bonchev–Trinajstić information content (AvgIpc) is 3.00. The van der Waals surface area contributed by atoms with Crippen molar-refractivity contribution in [2.75, 3.05) is 7.05 Å². The molecule has 5 rings (SSSR count). The first-order chi connectivity index (χ1) is 19.6. The van der Waals surface area contributed by atoms with Crippen LogP contribution in [0.4, 0.5) is 0 Å². The van der Waals surface area contributed by atoms with Crippen molar-refractivity contribution in [3.05, 3.63) is 144 Å². The molecule has 4 nitrogen and oxygen atoms in total. The molecule has 0 bridgehead atoms. The van der Waals surface area contributed by atoms with Gasteiger partial charge in [-0.05, 0) is 62.9 Å². The van der Waals surface area contributed by atoms with Gasteiger partial charge >= 0.3 is 5.97 Å². The lowest BCUT2D eigenvalue weighted by Gasteiger charge is -2.20. The maximum atomic E-state index is 13.6. The largest absolute Gasteiger partial charge is 0.426 e. The van der Waals surface area contributed by atoms with Crippen molar-refractivity contribution in [2.24, 2.45) is 0 Å². The monoisotopic (exact) mass is 523 g/mol. The number of rotatable bonds is 8. The topological polar surface area (TPSA) is 55.4 Å². The van der Waals surface area contributed by atoms with Gasteiger partial charge in [0.1, 0.15) is 5.76 Å². The van der Waals surface area contributed by atoms with E-state index in [2.05, 4.69) is 36.2 Å². The summed E-state index contributed by atoms with van der Waals surface area (Å²) >= 11 is 0. The molecule has 0 saturated carbocycles. The fourth-order valence-corrected chi connectivity index (χ4v) is 5.21.